The number of rotatable bonds is 1. The van der Waals surface area contributed by atoms with Gasteiger partial charge in [0.05, 0.1) is 7.11 Å². The Morgan fingerprint density at radius 3 is 1.41 bits per heavy atom. The largest absolute Gasteiger partial charge is 0.508 e. The van der Waals surface area contributed by atoms with E-state index in [4.69, 9.17) is 9.84 Å². The summed E-state index contributed by atoms with van der Waals surface area (Å²) in [6.45, 7) is 16.5. The fourth-order valence-electron chi connectivity index (χ4n) is 1.72. The third-order valence-corrected chi connectivity index (χ3v) is 2.71. The summed E-state index contributed by atoms with van der Waals surface area (Å²) in [6, 6.07) is 23.0. The number of aromatic hydroxyl groups is 1. The monoisotopic (exact) mass is 400 g/mol. The highest BCUT2D eigenvalue weighted by Crippen LogP contribution is 2.19. The summed E-state index contributed by atoms with van der Waals surface area (Å²) in [5.74, 6) is 1.23. The molecule has 0 aliphatic rings. The topological polar surface area (TPSA) is 29.5 Å². The normalized spacial score (nSPS) is 7.90. The zero-order chi connectivity index (χ0) is 22.9. The summed E-state index contributed by atoms with van der Waals surface area (Å²) >= 11 is 0. The summed E-state index contributed by atoms with van der Waals surface area (Å²) in [5, 5.41) is 11.1. The first-order valence-electron chi connectivity index (χ1n) is 10.9. The van der Waals surface area contributed by atoms with Crippen LogP contribution in [0.5, 0.6) is 11.5 Å². The van der Waals surface area contributed by atoms with Gasteiger partial charge in [-0.1, -0.05) is 117 Å². The first kappa shape index (κ1) is 31.2. The molecule has 3 aromatic carbocycles. The number of benzene rings is 3. The van der Waals surface area contributed by atoms with Crippen LogP contribution in [0.3, 0.4) is 0 Å². The van der Waals surface area contributed by atoms with E-state index in [0.717, 1.165) is 5.75 Å². The van der Waals surface area contributed by atoms with E-state index in [0.29, 0.717) is 5.75 Å². The third kappa shape index (κ3) is 18.6. The molecule has 0 heterocycles. The van der Waals surface area contributed by atoms with Gasteiger partial charge in [0, 0.05) is 0 Å². The Kier molecular flexibility index (Phi) is 27.5. The van der Waals surface area contributed by atoms with Gasteiger partial charge in [0.15, 0.2) is 0 Å². The number of hydrogen-bond acceptors (Lipinski definition) is 2. The molecule has 0 saturated heterocycles. The van der Waals surface area contributed by atoms with E-state index >= 15 is 0 Å². The first-order chi connectivity index (χ1) is 14.1. The van der Waals surface area contributed by atoms with E-state index in [1.807, 2.05) is 58.0 Å². The van der Waals surface area contributed by atoms with Gasteiger partial charge in [-0.25, -0.2) is 0 Å². The minimum atomic E-state index is 0.322. The van der Waals surface area contributed by atoms with Crippen molar-refractivity contribution in [2.45, 2.75) is 68.2 Å². The lowest BCUT2D eigenvalue weighted by atomic mass is 10.1. The van der Waals surface area contributed by atoms with Crippen LogP contribution < -0.4 is 4.74 Å². The second-order valence-electron chi connectivity index (χ2n) is 5.46. The van der Waals surface area contributed by atoms with Gasteiger partial charge in [0.1, 0.15) is 11.5 Å². The lowest BCUT2D eigenvalue weighted by molar-refractivity contribution is 0.415. The molecule has 2 heteroatoms. The van der Waals surface area contributed by atoms with E-state index in [-0.39, 0.29) is 0 Å². The molecule has 0 aromatic heterocycles. The summed E-state index contributed by atoms with van der Waals surface area (Å²) in [4.78, 5) is 0. The lowest BCUT2D eigenvalue weighted by Gasteiger charge is -2.00. The molecule has 0 fully saturated rings. The zero-order valence-corrected chi connectivity index (χ0v) is 20.2. The molecule has 0 saturated carbocycles. The van der Waals surface area contributed by atoms with Crippen LogP contribution in [0.4, 0.5) is 0 Å². The summed E-state index contributed by atoms with van der Waals surface area (Å²) in [5.41, 5.74) is 0. The molecule has 1 N–H and O–H groups in total. The summed E-state index contributed by atoms with van der Waals surface area (Å²) in [7, 11) is 1.68. The maximum absolute atomic E-state index is 8.63. The minimum Gasteiger partial charge on any atom is -0.508 e. The molecular formula is C27H44O2. The van der Waals surface area contributed by atoms with Crippen LogP contribution in [0.1, 0.15) is 68.2 Å². The van der Waals surface area contributed by atoms with E-state index in [1.165, 1.54) is 23.6 Å². The summed E-state index contributed by atoms with van der Waals surface area (Å²) < 4.78 is 5.12. The highest BCUT2D eigenvalue weighted by molar-refractivity contribution is 5.83. The highest BCUT2D eigenvalue weighted by Gasteiger charge is 1.93. The van der Waals surface area contributed by atoms with Crippen molar-refractivity contribution < 1.29 is 9.84 Å². The van der Waals surface area contributed by atoms with Crippen molar-refractivity contribution in [3.8, 4) is 11.5 Å². The fourth-order valence-corrected chi connectivity index (χ4v) is 1.72. The minimum absolute atomic E-state index is 0.322. The van der Waals surface area contributed by atoms with Gasteiger partial charge in [-0.3, -0.25) is 0 Å². The Hall–Kier alpha value is -2.48. The van der Waals surface area contributed by atoms with Gasteiger partial charge in [0.25, 0.3) is 0 Å². The van der Waals surface area contributed by atoms with Gasteiger partial charge in [0.2, 0.25) is 0 Å². The molecular weight excluding hydrogens is 356 g/mol. The number of para-hydroxylation sites is 1. The predicted molar refractivity (Wildman–Crippen MR) is 133 cm³/mol. The Labute approximate surface area is 180 Å². The molecule has 0 radical (unpaired) electrons. The van der Waals surface area contributed by atoms with Crippen molar-refractivity contribution in [2.75, 3.05) is 7.11 Å². The number of phenolic OH excluding ortho intramolecular Hbond substituents is 1. The molecule has 2 nitrogen and oxygen atoms in total. The fraction of sp³-hybridized carbons (Fsp3) is 0.407. The van der Waals surface area contributed by atoms with Crippen molar-refractivity contribution in [3.05, 3.63) is 72.8 Å². The van der Waals surface area contributed by atoms with Gasteiger partial charge >= 0.3 is 0 Å². The number of methoxy groups -OCH3 is 1. The van der Waals surface area contributed by atoms with Crippen LogP contribution in [-0.2, 0) is 0 Å². The molecule has 29 heavy (non-hydrogen) atoms. The smallest absolute Gasteiger partial charge is 0.119 e. The van der Waals surface area contributed by atoms with Gasteiger partial charge in [-0.2, -0.15) is 0 Å². The van der Waals surface area contributed by atoms with Crippen molar-refractivity contribution in [2.24, 2.45) is 0 Å². The molecule has 3 rings (SSSR count). The van der Waals surface area contributed by atoms with Crippen LogP contribution >= 0.6 is 0 Å². The Balaban J connectivity index is -0.000000341. The Bertz CT molecular complexity index is 661. The summed E-state index contributed by atoms with van der Waals surface area (Å²) in [6.07, 6.45) is 2.50. The van der Waals surface area contributed by atoms with E-state index < -0.39 is 0 Å². The third-order valence-electron chi connectivity index (χ3n) is 2.71. The maximum atomic E-state index is 8.63. The van der Waals surface area contributed by atoms with Gasteiger partial charge in [-0.15, -0.1) is 0 Å². The second-order valence-corrected chi connectivity index (χ2v) is 5.46. The first-order valence-corrected chi connectivity index (χ1v) is 10.9. The van der Waals surface area contributed by atoms with Crippen molar-refractivity contribution in [1.82, 2.24) is 0 Å². The van der Waals surface area contributed by atoms with E-state index in [2.05, 4.69) is 45.9 Å². The highest BCUT2D eigenvalue weighted by atomic mass is 16.5. The zero-order valence-electron chi connectivity index (χ0n) is 20.2. The molecule has 0 atom stereocenters. The standard InChI is InChI=1S/C11H10O.C6H6O.2C3H8.2C2H6/c1-12-11-7-6-9-4-2-3-5-10(9)8-11;7-6-4-2-1-3-5-6;2*1-3-2;2*1-2/h2-8H,1H3;1-5,7H;2*3H2,1-2H3;2*1-2H3. The number of fused-ring (bicyclic) bond motifs is 1. The lowest BCUT2D eigenvalue weighted by Crippen LogP contribution is -1.81. The molecule has 0 unspecified atom stereocenters. The van der Waals surface area contributed by atoms with Crippen molar-refractivity contribution >= 4 is 10.8 Å². The van der Waals surface area contributed by atoms with Crippen LogP contribution in [-0.4, -0.2) is 12.2 Å². The quantitative estimate of drug-likeness (QED) is 0.441. The van der Waals surface area contributed by atoms with Crippen LogP contribution in [0.25, 0.3) is 10.8 Å². The number of ether oxygens (including phenoxy) is 1. The Morgan fingerprint density at radius 2 is 1.03 bits per heavy atom. The van der Waals surface area contributed by atoms with Gasteiger partial charge in [-0.05, 0) is 35.0 Å². The van der Waals surface area contributed by atoms with Crippen LogP contribution in [0, 0.1) is 0 Å². The van der Waals surface area contributed by atoms with Gasteiger partial charge < -0.3 is 9.84 Å². The molecule has 0 amide bonds. The maximum Gasteiger partial charge on any atom is 0.119 e. The average molecular weight is 401 g/mol. The molecule has 0 spiro atoms. The van der Waals surface area contributed by atoms with Crippen LogP contribution in [0.15, 0.2) is 72.8 Å². The molecule has 0 aliphatic carbocycles. The molecule has 164 valence electrons. The van der Waals surface area contributed by atoms with E-state index in [1.54, 1.807) is 31.4 Å². The molecule has 3 aromatic rings. The number of hydrogen-bond donors (Lipinski definition) is 1. The second kappa shape index (κ2) is 25.5. The molecule has 0 aliphatic heterocycles. The molecule has 0 bridgehead atoms. The van der Waals surface area contributed by atoms with Crippen LogP contribution in [0.2, 0.25) is 0 Å². The van der Waals surface area contributed by atoms with E-state index in [9.17, 15) is 0 Å². The van der Waals surface area contributed by atoms with Crippen molar-refractivity contribution in [1.29, 1.82) is 0 Å². The Morgan fingerprint density at radius 1 is 0.621 bits per heavy atom. The predicted octanol–water partition coefficient (Wildman–Crippen LogP) is 9.13. The SMILES string of the molecule is CC.CC.CCC.CCC.COc1ccc2ccccc2c1.Oc1ccccc1. The van der Waals surface area contributed by atoms with Crippen molar-refractivity contribution in [3.63, 3.8) is 0 Å². The number of phenols is 1. The average Bonchev–Trinajstić information content (AvgIpc) is 2.78.